The van der Waals surface area contributed by atoms with Crippen molar-refractivity contribution >= 4 is 11.6 Å². The lowest BCUT2D eigenvalue weighted by Crippen LogP contribution is -2.01. The summed E-state index contributed by atoms with van der Waals surface area (Å²) in [6.45, 7) is 9.42. The summed E-state index contributed by atoms with van der Waals surface area (Å²) in [4.78, 5) is 0. The molecule has 0 radical (unpaired) electrons. The molecule has 0 saturated heterocycles. The largest absolute Gasteiger partial charge is 0.494 e. The molecule has 1 aromatic rings. The highest BCUT2D eigenvalue weighted by molar-refractivity contribution is 6.31. The number of halogens is 1. The van der Waals surface area contributed by atoms with Crippen LogP contribution in [0.3, 0.4) is 0 Å². The van der Waals surface area contributed by atoms with Gasteiger partial charge in [0.25, 0.3) is 0 Å². The smallest absolute Gasteiger partial charge is 0.120 e. The average Bonchev–Trinajstić information content (AvgIpc) is 2.16. The van der Waals surface area contributed by atoms with E-state index in [0.29, 0.717) is 11.8 Å². The molecular formula is C14H21ClO. The number of benzene rings is 1. The van der Waals surface area contributed by atoms with E-state index in [0.717, 1.165) is 23.8 Å². The van der Waals surface area contributed by atoms with Gasteiger partial charge in [0.05, 0.1) is 6.61 Å². The van der Waals surface area contributed by atoms with Crippen molar-refractivity contribution in [3.63, 3.8) is 0 Å². The molecule has 0 fully saturated rings. The molecule has 0 saturated carbocycles. The van der Waals surface area contributed by atoms with Crippen LogP contribution in [0.2, 0.25) is 5.02 Å². The Morgan fingerprint density at radius 3 is 2.38 bits per heavy atom. The summed E-state index contributed by atoms with van der Waals surface area (Å²) in [5.74, 6) is 2.00. The molecule has 90 valence electrons. The minimum Gasteiger partial charge on any atom is -0.494 e. The zero-order chi connectivity index (χ0) is 12.1. The topological polar surface area (TPSA) is 9.23 Å². The van der Waals surface area contributed by atoms with Crippen LogP contribution in [0.15, 0.2) is 18.2 Å². The van der Waals surface area contributed by atoms with Crippen LogP contribution in [0.25, 0.3) is 0 Å². The van der Waals surface area contributed by atoms with E-state index in [-0.39, 0.29) is 0 Å². The summed E-state index contributed by atoms with van der Waals surface area (Å²) >= 11 is 6.19. The van der Waals surface area contributed by atoms with Crippen molar-refractivity contribution in [2.45, 2.75) is 40.0 Å². The summed E-state index contributed by atoms with van der Waals surface area (Å²) in [5, 5.41) is 0.803. The van der Waals surface area contributed by atoms with E-state index in [1.54, 1.807) is 0 Å². The highest BCUT2D eigenvalue weighted by Gasteiger charge is 2.06. The molecule has 0 amide bonds. The fourth-order valence-electron chi connectivity index (χ4n) is 1.48. The van der Waals surface area contributed by atoms with Gasteiger partial charge in [-0.1, -0.05) is 45.4 Å². The van der Waals surface area contributed by atoms with Crippen LogP contribution in [0, 0.1) is 5.92 Å². The molecule has 1 nitrogen and oxygen atoms in total. The summed E-state index contributed by atoms with van der Waals surface area (Å²) in [6.07, 6.45) is 1.07. The van der Waals surface area contributed by atoms with Crippen molar-refractivity contribution in [1.29, 1.82) is 0 Å². The Morgan fingerprint density at radius 2 is 1.88 bits per heavy atom. The Morgan fingerprint density at radius 1 is 1.19 bits per heavy atom. The Bertz CT molecular complexity index is 332. The van der Waals surface area contributed by atoms with E-state index < -0.39 is 0 Å². The third kappa shape index (κ3) is 4.05. The van der Waals surface area contributed by atoms with Crippen molar-refractivity contribution in [2.24, 2.45) is 5.92 Å². The van der Waals surface area contributed by atoms with Gasteiger partial charge in [0.15, 0.2) is 0 Å². The molecule has 0 N–H and O–H groups in total. The zero-order valence-electron chi connectivity index (χ0n) is 10.6. The minimum absolute atomic E-state index is 0.456. The second-order valence-electron chi connectivity index (χ2n) is 4.87. The van der Waals surface area contributed by atoms with E-state index >= 15 is 0 Å². The van der Waals surface area contributed by atoms with E-state index in [9.17, 15) is 0 Å². The maximum absolute atomic E-state index is 6.19. The minimum atomic E-state index is 0.456. The first-order valence-corrected chi connectivity index (χ1v) is 6.30. The lowest BCUT2D eigenvalue weighted by Gasteiger charge is -2.12. The fraction of sp³-hybridized carbons (Fsp3) is 0.571. The predicted molar refractivity (Wildman–Crippen MR) is 70.5 cm³/mol. The summed E-state index contributed by atoms with van der Waals surface area (Å²) in [5.41, 5.74) is 1.18. The van der Waals surface area contributed by atoms with Gasteiger partial charge in [-0.2, -0.15) is 0 Å². The van der Waals surface area contributed by atoms with Gasteiger partial charge in [0.2, 0.25) is 0 Å². The zero-order valence-corrected chi connectivity index (χ0v) is 11.3. The van der Waals surface area contributed by atoms with Crippen LogP contribution in [-0.2, 0) is 0 Å². The first-order chi connectivity index (χ1) is 7.50. The molecule has 0 spiro atoms. The SMILES string of the molecule is CC(C)CCOc1ccc(C(C)C)c(Cl)c1. The predicted octanol–water partition coefficient (Wildman–Crippen LogP) is 4.89. The highest BCUT2D eigenvalue weighted by atomic mass is 35.5. The molecule has 16 heavy (non-hydrogen) atoms. The third-order valence-electron chi connectivity index (χ3n) is 2.56. The van der Waals surface area contributed by atoms with E-state index in [2.05, 4.69) is 33.8 Å². The Kier molecular flexibility index (Phi) is 5.14. The molecule has 0 unspecified atom stereocenters. The number of ether oxygens (including phenoxy) is 1. The Balaban J connectivity index is 2.59. The standard InChI is InChI=1S/C14H21ClO/c1-10(2)7-8-16-12-5-6-13(11(3)4)14(15)9-12/h5-6,9-11H,7-8H2,1-4H3. The van der Waals surface area contributed by atoms with Gasteiger partial charge in [0.1, 0.15) is 5.75 Å². The first-order valence-electron chi connectivity index (χ1n) is 5.93. The van der Waals surface area contributed by atoms with Crippen molar-refractivity contribution in [3.8, 4) is 5.75 Å². The van der Waals surface area contributed by atoms with Crippen LogP contribution < -0.4 is 4.74 Å². The molecule has 0 aromatic heterocycles. The normalized spacial score (nSPS) is 11.2. The maximum atomic E-state index is 6.19. The van der Waals surface area contributed by atoms with E-state index in [4.69, 9.17) is 16.3 Å². The quantitative estimate of drug-likeness (QED) is 0.712. The van der Waals surface area contributed by atoms with Crippen LogP contribution in [-0.4, -0.2) is 6.61 Å². The van der Waals surface area contributed by atoms with Gasteiger partial charge in [-0.25, -0.2) is 0 Å². The molecular weight excluding hydrogens is 220 g/mol. The van der Waals surface area contributed by atoms with Crippen molar-refractivity contribution in [2.75, 3.05) is 6.61 Å². The lowest BCUT2D eigenvalue weighted by atomic mass is 10.0. The maximum Gasteiger partial charge on any atom is 0.120 e. The van der Waals surface area contributed by atoms with Gasteiger partial charge in [-0.3, -0.25) is 0 Å². The van der Waals surface area contributed by atoms with Crippen molar-refractivity contribution in [3.05, 3.63) is 28.8 Å². The molecule has 0 aliphatic heterocycles. The average molecular weight is 241 g/mol. The second kappa shape index (κ2) is 6.15. The highest BCUT2D eigenvalue weighted by Crippen LogP contribution is 2.28. The lowest BCUT2D eigenvalue weighted by molar-refractivity contribution is 0.289. The number of hydrogen-bond acceptors (Lipinski definition) is 1. The van der Waals surface area contributed by atoms with Gasteiger partial charge < -0.3 is 4.74 Å². The van der Waals surface area contributed by atoms with Crippen LogP contribution in [0.5, 0.6) is 5.75 Å². The summed E-state index contributed by atoms with van der Waals surface area (Å²) in [7, 11) is 0. The van der Waals surface area contributed by atoms with Crippen LogP contribution in [0.1, 0.15) is 45.6 Å². The van der Waals surface area contributed by atoms with Gasteiger partial charge in [-0.05, 0) is 36.0 Å². The van der Waals surface area contributed by atoms with Crippen molar-refractivity contribution in [1.82, 2.24) is 0 Å². The third-order valence-corrected chi connectivity index (χ3v) is 2.89. The Hall–Kier alpha value is -0.690. The number of rotatable bonds is 5. The molecule has 0 aliphatic rings. The fourth-order valence-corrected chi connectivity index (χ4v) is 1.87. The molecule has 0 atom stereocenters. The molecule has 0 aliphatic carbocycles. The Labute approximate surface area is 104 Å². The second-order valence-corrected chi connectivity index (χ2v) is 5.28. The molecule has 0 bridgehead atoms. The molecule has 1 rings (SSSR count). The summed E-state index contributed by atoms with van der Waals surface area (Å²) in [6, 6.07) is 5.97. The van der Waals surface area contributed by atoms with Gasteiger partial charge in [-0.15, -0.1) is 0 Å². The van der Waals surface area contributed by atoms with Crippen LogP contribution >= 0.6 is 11.6 Å². The van der Waals surface area contributed by atoms with E-state index in [1.165, 1.54) is 5.56 Å². The van der Waals surface area contributed by atoms with Crippen LogP contribution in [0.4, 0.5) is 0 Å². The van der Waals surface area contributed by atoms with Gasteiger partial charge in [0, 0.05) is 5.02 Å². The summed E-state index contributed by atoms with van der Waals surface area (Å²) < 4.78 is 5.65. The molecule has 0 heterocycles. The number of hydrogen-bond donors (Lipinski definition) is 0. The van der Waals surface area contributed by atoms with Gasteiger partial charge >= 0.3 is 0 Å². The molecule has 2 heteroatoms. The first kappa shape index (κ1) is 13.4. The monoisotopic (exact) mass is 240 g/mol. The van der Waals surface area contributed by atoms with Crippen molar-refractivity contribution < 1.29 is 4.74 Å². The van der Waals surface area contributed by atoms with E-state index in [1.807, 2.05) is 12.1 Å². The molecule has 1 aromatic carbocycles.